The first-order chi connectivity index (χ1) is 10.7. The summed E-state index contributed by atoms with van der Waals surface area (Å²) in [5, 5.41) is 8.79. The maximum Gasteiger partial charge on any atom is 0.233 e. The number of amides is 1. The van der Waals surface area contributed by atoms with E-state index in [4.69, 9.17) is 4.52 Å². The van der Waals surface area contributed by atoms with Gasteiger partial charge in [0.1, 0.15) is 0 Å². The van der Waals surface area contributed by atoms with E-state index in [-0.39, 0.29) is 18.2 Å². The third kappa shape index (κ3) is 2.83. The zero-order valence-corrected chi connectivity index (χ0v) is 12.5. The SMILES string of the molecule is CNC(=O)Cc1noc([C@H](C)c2ccc3ccccc3c2)n1. The first-order valence-corrected chi connectivity index (χ1v) is 7.19. The van der Waals surface area contributed by atoms with Gasteiger partial charge in [-0.2, -0.15) is 4.98 Å². The van der Waals surface area contributed by atoms with Crippen LogP contribution in [0, 0.1) is 0 Å². The maximum atomic E-state index is 11.3. The summed E-state index contributed by atoms with van der Waals surface area (Å²) in [6, 6.07) is 14.5. The van der Waals surface area contributed by atoms with Gasteiger partial charge in [-0.25, -0.2) is 0 Å². The van der Waals surface area contributed by atoms with E-state index >= 15 is 0 Å². The van der Waals surface area contributed by atoms with Gasteiger partial charge < -0.3 is 9.84 Å². The van der Waals surface area contributed by atoms with E-state index < -0.39 is 0 Å². The molecule has 1 amide bonds. The van der Waals surface area contributed by atoms with Gasteiger partial charge >= 0.3 is 0 Å². The fourth-order valence-corrected chi connectivity index (χ4v) is 2.37. The monoisotopic (exact) mass is 295 g/mol. The molecule has 0 fully saturated rings. The van der Waals surface area contributed by atoms with Crippen molar-refractivity contribution >= 4 is 16.7 Å². The molecule has 5 nitrogen and oxygen atoms in total. The molecule has 1 atom stereocenters. The van der Waals surface area contributed by atoms with Crippen LogP contribution in [0.1, 0.15) is 30.1 Å². The Morgan fingerprint density at radius 3 is 2.77 bits per heavy atom. The summed E-state index contributed by atoms with van der Waals surface area (Å²) in [6.07, 6.45) is 0.129. The number of aromatic nitrogens is 2. The van der Waals surface area contributed by atoms with Gasteiger partial charge in [-0.1, -0.05) is 47.6 Å². The summed E-state index contributed by atoms with van der Waals surface area (Å²) in [5.74, 6) is 0.775. The molecular formula is C17H17N3O2. The van der Waals surface area contributed by atoms with Crippen LogP contribution in [0.5, 0.6) is 0 Å². The van der Waals surface area contributed by atoms with Gasteiger partial charge in [-0.3, -0.25) is 4.79 Å². The largest absolute Gasteiger partial charge is 0.359 e. The number of nitrogens with one attached hydrogen (secondary N) is 1. The molecule has 5 heteroatoms. The molecule has 0 unspecified atom stereocenters. The van der Waals surface area contributed by atoms with Gasteiger partial charge in [-0.05, 0) is 23.3 Å². The van der Waals surface area contributed by atoms with Crippen molar-refractivity contribution in [1.82, 2.24) is 15.5 Å². The summed E-state index contributed by atoms with van der Waals surface area (Å²) in [5.41, 5.74) is 1.11. The number of carbonyl (C=O) groups is 1. The lowest BCUT2D eigenvalue weighted by molar-refractivity contribution is -0.120. The number of nitrogens with zero attached hydrogens (tertiary/aromatic N) is 2. The van der Waals surface area contributed by atoms with E-state index in [2.05, 4.69) is 45.8 Å². The van der Waals surface area contributed by atoms with Crippen molar-refractivity contribution in [2.24, 2.45) is 0 Å². The van der Waals surface area contributed by atoms with Crippen molar-refractivity contribution in [3.8, 4) is 0 Å². The number of rotatable bonds is 4. The first kappa shape index (κ1) is 14.3. The Kier molecular flexibility index (Phi) is 3.87. The minimum absolute atomic E-state index is 0.0180. The van der Waals surface area contributed by atoms with E-state index in [0.717, 1.165) is 5.56 Å². The zero-order chi connectivity index (χ0) is 15.5. The Hall–Kier alpha value is -2.69. The smallest absolute Gasteiger partial charge is 0.233 e. The lowest BCUT2D eigenvalue weighted by Gasteiger charge is -2.08. The van der Waals surface area contributed by atoms with Crippen LogP contribution in [-0.2, 0) is 11.2 Å². The second kappa shape index (κ2) is 5.97. The van der Waals surface area contributed by atoms with Crippen molar-refractivity contribution in [1.29, 1.82) is 0 Å². The average molecular weight is 295 g/mol. The van der Waals surface area contributed by atoms with Gasteiger partial charge in [0, 0.05) is 7.05 Å². The van der Waals surface area contributed by atoms with Crippen LogP contribution >= 0.6 is 0 Å². The molecule has 112 valence electrons. The van der Waals surface area contributed by atoms with E-state index in [1.807, 2.05) is 19.1 Å². The highest BCUT2D eigenvalue weighted by Gasteiger charge is 2.17. The van der Waals surface area contributed by atoms with Crippen LogP contribution in [0.25, 0.3) is 10.8 Å². The lowest BCUT2D eigenvalue weighted by Crippen LogP contribution is -2.20. The normalized spacial score (nSPS) is 12.3. The highest BCUT2D eigenvalue weighted by molar-refractivity contribution is 5.83. The molecule has 0 aliphatic heterocycles. The Morgan fingerprint density at radius 2 is 2.00 bits per heavy atom. The minimum atomic E-state index is -0.134. The lowest BCUT2D eigenvalue weighted by atomic mass is 9.98. The predicted molar refractivity (Wildman–Crippen MR) is 83.5 cm³/mol. The van der Waals surface area contributed by atoms with Crippen LogP contribution < -0.4 is 5.32 Å². The molecule has 1 heterocycles. The molecule has 3 rings (SSSR count). The number of benzene rings is 2. The summed E-state index contributed by atoms with van der Waals surface area (Å²) in [6.45, 7) is 2.02. The third-order valence-corrected chi connectivity index (χ3v) is 3.73. The molecule has 1 aromatic heterocycles. The second-order valence-corrected chi connectivity index (χ2v) is 5.23. The summed E-state index contributed by atoms with van der Waals surface area (Å²) >= 11 is 0. The molecule has 22 heavy (non-hydrogen) atoms. The standard InChI is InChI=1S/C17H17N3O2/c1-11(17-19-15(20-22-17)10-16(21)18-2)13-8-7-12-5-3-4-6-14(12)9-13/h3-9,11H,10H2,1-2H3,(H,18,21)/t11-/m1/s1. The molecular weight excluding hydrogens is 278 g/mol. The van der Waals surface area contributed by atoms with E-state index in [1.165, 1.54) is 10.8 Å². The Balaban J connectivity index is 1.85. The van der Waals surface area contributed by atoms with Gasteiger partial charge in [0.05, 0.1) is 12.3 Å². The Bertz CT molecular complexity index is 810. The van der Waals surface area contributed by atoms with Crippen molar-refractivity contribution in [3.63, 3.8) is 0 Å². The molecule has 2 aromatic carbocycles. The molecule has 0 saturated carbocycles. The molecule has 3 aromatic rings. The maximum absolute atomic E-state index is 11.3. The summed E-state index contributed by atoms with van der Waals surface area (Å²) < 4.78 is 5.30. The van der Waals surface area contributed by atoms with Crippen molar-refractivity contribution in [2.75, 3.05) is 7.05 Å². The molecule has 1 N–H and O–H groups in total. The highest BCUT2D eigenvalue weighted by Crippen LogP contribution is 2.26. The highest BCUT2D eigenvalue weighted by atomic mass is 16.5. The van der Waals surface area contributed by atoms with Crippen LogP contribution in [0.3, 0.4) is 0 Å². The van der Waals surface area contributed by atoms with Gasteiger partial charge in [0.2, 0.25) is 11.8 Å². The fraction of sp³-hybridized carbons (Fsp3) is 0.235. The zero-order valence-electron chi connectivity index (χ0n) is 12.5. The number of carbonyl (C=O) groups excluding carboxylic acids is 1. The van der Waals surface area contributed by atoms with E-state index in [1.54, 1.807) is 7.05 Å². The number of fused-ring (bicyclic) bond motifs is 1. The van der Waals surface area contributed by atoms with Crippen molar-refractivity contribution in [2.45, 2.75) is 19.3 Å². The Morgan fingerprint density at radius 1 is 1.23 bits per heavy atom. The summed E-state index contributed by atoms with van der Waals surface area (Å²) in [4.78, 5) is 15.7. The molecule has 0 aliphatic rings. The molecule has 0 aliphatic carbocycles. The minimum Gasteiger partial charge on any atom is -0.359 e. The van der Waals surface area contributed by atoms with Crippen LogP contribution in [-0.4, -0.2) is 23.1 Å². The summed E-state index contributed by atoms with van der Waals surface area (Å²) in [7, 11) is 1.58. The first-order valence-electron chi connectivity index (χ1n) is 7.19. The second-order valence-electron chi connectivity index (χ2n) is 5.23. The van der Waals surface area contributed by atoms with Crippen LogP contribution in [0.2, 0.25) is 0 Å². The topological polar surface area (TPSA) is 68.0 Å². The quantitative estimate of drug-likeness (QED) is 0.803. The van der Waals surface area contributed by atoms with E-state index in [0.29, 0.717) is 11.7 Å². The van der Waals surface area contributed by atoms with Crippen molar-refractivity contribution in [3.05, 3.63) is 59.7 Å². The van der Waals surface area contributed by atoms with E-state index in [9.17, 15) is 4.79 Å². The van der Waals surface area contributed by atoms with Gasteiger partial charge in [0.15, 0.2) is 5.82 Å². The molecule has 0 saturated heterocycles. The number of likely N-dealkylation sites (N-methyl/N-ethyl adjacent to an activating group) is 1. The fourth-order valence-electron chi connectivity index (χ4n) is 2.37. The Labute approximate surface area is 128 Å². The average Bonchev–Trinajstić information content (AvgIpc) is 3.02. The van der Waals surface area contributed by atoms with Crippen molar-refractivity contribution < 1.29 is 9.32 Å². The predicted octanol–water partition coefficient (Wildman–Crippen LogP) is 2.66. The van der Waals surface area contributed by atoms with Crippen LogP contribution in [0.15, 0.2) is 47.0 Å². The number of hydrogen-bond donors (Lipinski definition) is 1. The van der Waals surface area contributed by atoms with Gasteiger partial charge in [-0.15, -0.1) is 0 Å². The van der Waals surface area contributed by atoms with Crippen LogP contribution in [0.4, 0.5) is 0 Å². The molecule has 0 radical (unpaired) electrons. The third-order valence-electron chi connectivity index (χ3n) is 3.73. The van der Waals surface area contributed by atoms with Gasteiger partial charge in [0.25, 0.3) is 0 Å². The molecule has 0 spiro atoms. The molecule has 0 bridgehead atoms. The number of hydrogen-bond acceptors (Lipinski definition) is 4.